The molecular weight excluding hydrogens is 284 g/mol. The second kappa shape index (κ2) is 7.14. The molecule has 3 rings (SSSR count). The molecule has 0 amide bonds. The van der Waals surface area contributed by atoms with Crippen molar-refractivity contribution >= 4 is 17.2 Å². The highest BCUT2D eigenvalue weighted by Crippen LogP contribution is 2.31. The first-order valence-electron chi connectivity index (χ1n) is 8.20. The summed E-state index contributed by atoms with van der Waals surface area (Å²) in [7, 11) is 0. The Morgan fingerprint density at radius 1 is 1.00 bits per heavy atom. The summed E-state index contributed by atoms with van der Waals surface area (Å²) in [6.45, 7) is 2.80. The Bertz CT molecular complexity index is 692. The molecule has 0 saturated heterocycles. The van der Waals surface area contributed by atoms with Gasteiger partial charge in [-0.1, -0.05) is 61.9 Å². The summed E-state index contributed by atoms with van der Waals surface area (Å²) in [6.07, 6.45) is 2.35. The number of allylic oxidation sites excluding steroid dienone is 1. The van der Waals surface area contributed by atoms with Gasteiger partial charge in [-0.05, 0) is 18.6 Å². The van der Waals surface area contributed by atoms with Gasteiger partial charge in [-0.15, -0.1) is 0 Å². The molecule has 0 aromatic heterocycles. The van der Waals surface area contributed by atoms with Gasteiger partial charge in [0.15, 0.2) is 5.78 Å². The number of anilines is 1. The molecule has 118 valence electrons. The third-order valence-corrected chi connectivity index (χ3v) is 4.04. The maximum absolute atomic E-state index is 12.5. The Morgan fingerprint density at radius 3 is 2.30 bits per heavy atom. The minimum absolute atomic E-state index is 0.275. The van der Waals surface area contributed by atoms with E-state index in [2.05, 4.69) is 29.5 Å². The van der Waals surface area contributed by atoms with E-state index in [1.165, 1.54) is 0 Å². The second-order valence-electron chi connectivity index (χ2n) is 5.75. The largest absolute Gasteiger partial charge is 0.298 e. The lowest BCUT2D eigenvalue weighted by atomic mass is 9.94. The van der Waals surface area contributed by atoms with Gasteiger partial charge in [-0.2, -0.15) is 0 Å². The molecule has 2 aromatic carbocycles. The van der Waals surface area contributed by atoms with Crippen LogP contribution in [0.15, 0.2) is 66.2 Å². The fraction of sp³-hybridized carbons (Fsp3) is 0.250. The van der Waals surface area contributed by atoms with Crippen LogP contribution in [-0.2, 0) is 4.79 Å². The van der Waals surface area contributed by atoms with Gasteiger partial charge in [0, 0.05) is 24.1 Å². The lowest BCUT2D eigenvalue weighted by Crippen LogP contribution is -2.36. The fourth-order valence-corrected chi connectivity index (χ4v) is 2.99. The molecule has 0 atom stereocenters. The van der Waals surface area contributed by atoms with Gasteiger partial charge in [-0.25, -0.2) is 0 Å². The number of para-hydroxylation sites is 1. The molecule has 0 bridgehead atoms. The van der Waals surface area contributed by atoms with E-state index in [0.717, 1.165) is 35.4 Å². The first kappa shape index (κ1) is 15.3. The number of hydrogen-bond donors (Lipinski definition) is 1. The molecule has 0 aliphatic carbocycles. The molecule has 1 aliphatic heterocycles. The van der Waals surface area contributed by atoms with Gasteiger partial charge >= 0.3 is 0 Å². The number of rotatable bonds is 5. The summed E-state index contributed by atoms with van der Waals surface area (Å²) in [6, 6.07) is 20.3. The van der Waals surface area contributed by atoms with E-state index in [1.54, 1.807) is 0 Å². The molecule has 3 nitrogen and oxygen atoms in total. The van der Waals surface area contributed by atoms with E-state index in [-0.39, 0.29) is 5.78 Å². The standard InChI is InChI=1S/C20H22N2O/c1-2-9-18-19(23)14-15-22(21-17-12-7-4-8-13-17)20(18)16-10-5-3-6-11-16/h3-8,10-13,21H,2,9,14-15H2,1H3. The highest BCUT2D eigenvalue weighted by Gasteiger charge is 2.26. The highest BCUT2D eigenvalue weighted by atomic mass is 16.1. The van der Waals surface area contributed by atoms with E-state index < -0.39 is 0 Å². The van der Waals surface area contributed by atoms with Crippen LogP contribution in [0, 0.1) is 0 Å². The SMILES string of the molecule is CCCC1=C(c2ccccc2)N(Nc2ccccc2)CCC1=O. The normalized spacial score (nSPS) is 15.0. The zero-order chi connectivity index (χ0) is 16.1. The molecule has 0 spiro atoms. The Labute approximate surface area is 137 Å². The van der Waals surface area contributed by atoms with Crippen molar-refractivity contribution in [1.82, 2.24) is 5.01 Å². The Balaban J connectivity index is 2.02. The zero-order valence-electron chi connectivity index (χ0n) is 13.5. The fourth-order valence-electron chi connectivity index (χ4n) is 2.99. The van der Waals surface area contributed by atoms with Crippen molar-refractivity contribution in [3.05, 3.63) is 71.8 Å². The summed E-state index contributed by atoms with van der Waals surface area (Å²) < 4.78 is 0. The molecular formula is C20H22N2O. The maximum atomic E-state index is 12.5. The number of hydrazine groups is 1. The predicted octanol–water partition coefficient (Wildman–Crippen LogP) is 4.50. The van der Waals surface area contributed by atoms with Crippen LogP contribution in [0.1, 0.15) is 31.7 Å². The van der Waals surface area contributed by atoms with Crippen LogP contribution in [0.4, 0.5) is 5.69 Å². The van der Waals surface area contributed by atoms with Gasteiger partial charge in [0.2, 0.25) is 0 Å². The summed E-state index contributed by atoms with van der Waals surface area (Å²) >= 11 is 0. The average Bonchev–Trinajstić information content (AvgIpc) is 2.60. The van der Waals surface area contributed by atoms with E-state index in [9.17, 15) is 4.79 Å². The molecule has 0 fully saturated rings. The van der Waals surface area contributed by atoms with Crippen LogP contribution in [0.5, 0.6) is 0 Å². The quantitative estimate of drug-likeness (QED) is 0.882. The number of hydrogen-bond acceptors (Lipinski definition) is 3. The lowest BCUT2D eigenvalue weighted by Gasteiger charge is -2.34. The van der Waals surface area contributed by atoms with E-state index in [1.807, 2.05) is 48.5 Å². The molecule has 2 aromatic rings. The van der Waals surface area contributed by atoms with Gasteiger partial charge in [-0.3, -0.25) is 15.2 Å². The number of nitrogens with zero attached hydrogens (tertiary/aromatic N) is 1. The van der Waals surface area contributed by atoms with Crippen LogP contribution in [0.3, 0.4) is 0 Å². The topological polar surface area (TPSA) is 32.3 Å². The third kappa shape index (κ3) is 3.45. The molecule has 3 heteroatoms. The van der Waals surface area contributed by atoms with Crippen molar-refractivity contribution in [2.45, 2.75) is 26.2 Å². The smallest absolute Gasteiger partial charge is 0.162 e. The van der Waals surface area contributed by atoms with Gasteiger partial charge < -0.3 is 0 Å². The van der Waals surface area contributed by atoms with Crippen molar-refractivity contribution in [2.24, 2.45) is 0 Å². The van der Waals surface area contributed by atoms with Gasteiger partial charge in [0.25, 0.3) is 0 Å². The van der Waals surface area contributed by atoms with E-state index >= 15 is 0 Å². The summed E-state index contributed by atoms with van der Waals surface area (Å²) in [4.78, 5) is 12.5. The van der Waals surface area contributed by atoms with Crippen LogP contribution in [0.2, 0.25) is 0 Å². The summed E-state index contributed by atoms with van der Waals surface area (Å²) in [5.74, 6) is 0.275. The van der Waals surface area contributed by atoms with Crippen molar-refractivity contribution in [3.8, 4) is 0 Å². The third-order valence-electron chi connectivity index (χ3n) is 4.04. The van der Waals surface area contributed by atoms with Crippen molar-refractivity contribution in [3.63, 3.8) is 0 Å². The maximum Gasteiger partial charge on any atom is 0.162 e. The van der Waals surface area contributed by atoms with Gasteiger partial charge in [0.1, 0.15) is 0 Å². The number of nitrogens with one attached hydrogen (secondary N) is 1. The molecule has 23 heavy (non-hydrogen) atoms. The minimum atomic E-state index is 0.275. The zero-order valence-corrected chi connectivity index (χ0v) is 13.5. The number of Topliss-reactive ketones (excluding diaryl/α,β-unsaturated/α-hetero) is 1. The molecule has 1 heterocycles. The Morgan fingerprint density at radius 2 is 1.65 bits per heavy atom. The van der Waals surface area contributed by atoms with Crippen LogP contribution < -0.4 is 5.43 Å². The van der Waals surface area contributed by atoms with Crippen molar-refractivity contribution in [2.75, 3.05) is 12.0 Å². The first-order valence-corrected chi connectivity index (χ1v) is 8.20. The predicted molar refractivity (Wildman–Crippen MR) is 94.7 cm³/mol. The van der Waals surface area contributed by atoms with Crippen LogP contribution in [-0.4, -0.2) is 17.3 Å². The summed E-state index contributed by atoms with van der Waals surface area (Å²) in [5, 5.41) is 2.12. The summed E-state index contributed by atoms with van der Waals surface area (Å²) in [5.41, 5.74) is 7.54. The molecule has 1 aliphatic rings. The van der Waals surface area contributed by atoms with Gasteiger partial charge in [0.05, 0.1) is 11.4 Å². The molecule has 0 radical (unpaired) electrons. The van der Waals surface area contributed by atoms with E-state index in [0.29, 0.717) is 13.0 Å². The number of carbonyl (C=O) groups excluding carboxylic acids is 1. The lowest BCUT2D eigenvalue weighted by molar-refractivity contribution is -0.116. The van der Waals surface area contributed by atoms with E-state index in [4.69, 9.17) is 0 Å². The van der Waals surface area contributed by atoms with Crippen LogP contribution >= 0.6 is 0 Å². The number of ketones is 1. The van der Waals surface area contributed by atoms with Crippen molar-refractivity contribution in [1.29, 1.82) is 0 Å². The van der Waals surface area contributed by atoms with Crippen molar-refractivity contribution < 1.29 is 4.79 Å². The molecule has 0 unspecified atom stereocenters. The minimum Gasteiger partial charge on any atom is -0.298 e. The number of benzene rings is 2. The first-order chi connectivity index (χ1) is 11.3. The monoisotopic (exact) mass is 306 g/mol. The highest BCUT2D eigenvalue weighted by molar-refractivity contribution is 6.04. The van der Waals surface area contributed by atoms with Crippen LogP contribution in [0.25, 0.3) is 5.70 Å². The Kier molecular flexibility index (Phi) is 4.77. The number of carbonyl (C=O) groups is 1. The molecule has 1 N–H and O–H groups in total. The average molecular weight is 306 g/mol. The second-order valence-corrected chi connectivity index (χ2v) is 5.75. The Hall–Kier alpha value is -2.55. The molecule has 0 saturated carbocycles.